The van der Waals surface area contributed by atoms with Gasteiger partial charge in [0.2, 0.25) is 5.82 Å². The second-order valence-electron chi connectivity index (χ2n) is 4.49. The van der Waals surface area contributed by atoms with Crippen LogP contribution in [0.2, 0.25) is 0 Å². The number of methoxy groups -OCH3 is 1. The summed E-state index contributed by atoms with van der Waals surface area (Å²) in [5.41, 5.74) is 1.06. The van der Waals surface area contributed by atoms with Crippen LogP contribution in [0.1, 0.15) is 40.7 Å². The highest BCUT2D eigenvalue weighted by molar-refractivity contribution is 5.85. The van der Waals surface area contributed by atoms with Crippen LogP contribution in [0.3, 0.4) is 0 Å². The fraction of sp³-hybridized carbons (Fsp3) is 0.357. The summed E-state index contributed by atoms with van der Waals surface area (Å²) in [7, 11) is 1.30. The third-order valence-electron chi connectivity index (χ3n) is 2.93. The second kappa shape index (κ2) is 5.73. The van der Waals surface area contributed by atoms with E-state index in [1.807, 2.05) is 26.8 Å². The first-order valence-corrected chi connectivity index (χ1v) is 6.26. The molecule has 106 valence electrons. The van der Waals surface area contributed by atoms with Gasteiger partial charge in [-0.3, -0.25) is 0 Å². The first-order chi connectivity index (χ1) is 9.51. The molecule has 0 saturated heterocycles. The minimum absolute atomic E-state index is 0.00727. The Balaban J connectivity index is 2.17. The van der Waals surface area contributed by atoms with Crippen molar-refractivity contribution >= 4 is 11.8 Å². The van der Waals surface area contributed by atoms with E-state index in [4.69, 9.17) is 4.42 Å². The highest BCUT2D eigenvalue weighted by Gasteiger charge is 2.15. The summed E-state index contributed by atoms with van der Waals surface area (Å²) in [5, 5.41) is 3.21. The van der Waals surface area contributed by atoms with Gasteiger partial charge in [-0.15, -0.1) is 0 Å². The first-order valence-electron chi connectivity index (χ1n) is 6.26. The number of anilines is 1. The Bertz CT molecular complexity index is 622. The molecule has 0 aliphatic rings. The molecule has 0 aromatic carbocycles. The van der Waals surface area contributed by atoms with Crippen molar-refractivity contribution in [3.8, 4) is 0 Å². The van der Waals surface area contributed by atoms with Gasteiger partial charge in [0.05, 0.1) is 13.2 Å². The quantitative estimate of drug-likeness (QED) is 0.864. The minimum Gasteiger partial charge on any atom is -0.466 e. The lowest BCUT2D eigenvalue weighted by atomic mass is 10.1. The number of carbonyl (C=O) groups excluding carboxylic acids is 1. The normalized spacial score (nSPS) is 12.0. The fourth-order valence-corrected chi connectivity index (χ4v) is 2.01. The molecule has 0 fully saturated rings. The smallest absolute Gasteiger partial charge is 0.376 e. The zero-order valence-electron chi connectivity index (χ0n) is 11.9. The van der Waals surface area contributed by atoms with Crippen molar-refractivity contribution in [3.05, 3.63) is 41.2 Å². The molecule has 6 heteroatoms. The van der Waals surface area contributed by atoms with E-state index in [9.17, 15) is 4.79 Å². The Hall–Kier alpha value is -2.37. The molecule has 2 aromatic rings. The predicted molar refractivity (Wildman–Crippen MR) is 73.6 cm³/mol. The van der Waals surface area contributed by atoms with E-state index in [-0.39, 0.29) is 11.9 Å². The number of aromatic nitrogens is 2. The molecule has 0 bridgehead atoms. The van der Waals surface area contributed by atoms with Crippen LogP contribution in [-0.2, 0) is 4.74 Å². The van der Waals surface area contributed by atoms with Crippen molar-refractivity contribution in [2.45, 2.75) is 26.8 Å². The Morgan fingerprint density at radius 3 is 2.80 bits per heavy atom. The molecule has 2 aromatic heterocycles. The van der Waals surface area contributed by atoms with E-state index in [2.05, 4.69) is 20.0 Å². The van der Waals surface area contributed by atoms with Gasteiger partial charge < -0.3 is 14.5 Å². The van der Waals surface area contributed by atoms with E-state index in [1.54, 1.807) is 6.07 Å². The number of aryl methyl sites for hydroxylation is 2. The molecule has 2 heterocycles. The van der Waals surface area contributed by atoms with Crippen LogP contribution in [0.4, 0.5) is 5.82 Å². The number of carbonyl (C=O) groups is 1. The molecule has 0 amide bonds. The molecule has 0 aliphatic carbocycles. The van der Waals surface area contributed by atoms with Gasteiger partial charge in [-0.2, -0.15) is 0 Å². The van der Waals surface area contributed by atoms with Crippen LogP contribution in [0.25, 0.3) is 0 Å². The van der Waals surface area contributed by atoms with Crippen LogP contribution in [0.15, 0.2) is 22.7 Å². The lowest BCUT2D eigenvalue weighted by molar-refractivity contribution is 0.0587. The number of hydrogen-bond donors (Lipinski definition) is 1. The Morgan fingerprint density at radius 1 is 1.45 bits per heavy atom. The van der Waals surface area contributed by atoms with Gasteiger partial charge in [0, 0.05) is 11.8 Å². The summed E-state index contributed by atoms with van der Waals surface area (Å²) in [6.07, 6.45) is 1.52. The summed E-state index contributed by atoms with van der Waals surface area (Å²) in [5.74, 6) is 1.77. The van der Waals surface area contributed by atoms with Crippen LogP contribution in [-0.4, -0.2) is 23.0 Å². The molecule has 2 rings (SSSR count). The molecule has 20 heavy (non-hydrogen) atoms. The minimum atomic E-state index is -0.559. The van der Waals surface area contributed by atoms with Gasteiger partial charge in [-0.25, -0.2) is 14.8 Å². The van der Waals surface area contributed by atoms with Crippen molar-refractivity contribution in [2.24, 2.45) is 0 Å². The summed E-state index contributed by atoms with van der Waals surface area (Å²) in [4.78, 5) is 19.4. The molecule has 0 radical (unpaired) electrons. The van der Waals surface area contributed by atoms with Crippen molar-refractivity contribution in [1.82, 2.24) is 9.97 Å². The van der Waals surface area contributed by atoms with Gasteiger partial charge in [0.25, 0.3) is 0 Å². The Labute approximate surface area is 117 Å². The topological polar surface area (TPSA) is 77.2 Å². The zero-order chi connectivity index (χ0) is 14.7. The molecular formula is C14H17N3O3. The molecule has 1 N–H and O–H groups in total. The predicted octanol–water partition coefficient (Wildman–Crippen LogP) is 2.65. The van der Waals surface area contributed by atoms with Crippen LogP contribution in [0.5, 0.6) is 0 Å². The maximum absolute atomic E-state index is 11.4. The number of hydrogen-bond acceptors (Lipinski definition) is 6. The number of furan rings is 1. The van der Waals surface area contributed by atoms with Crippen molar-refractivity contribution < 1.29 is 13.9 Å². The van der Waals surface area contributed by atoms with Gasteiger partial charge >= 0.3 is 5.97 Å². The van der Waals surface area contributed by atoms with E-state index >= 15 is 0 Å². The Kier molecular flexibility index (Phi) is 4.02. The highest BCUT2D eigenvalue weighted by Crippen LogP contribution is 2.24. The van der Waals surface area contributed by atoms with Crippen LogP contribution in [0, 0.1) is 13.8 Å². The first kappa shape index (κ1) is 14.0. The van der Waals surface area contributed by atoms with Crippen molar-refractivity contribution in [2.75, 3.05) is 12.4 Å². The average molecular weight is 275 g/mol. The van der Waals surface area contributed by atoms with Crippen molar-refractivity contribution in [3.63, 3.8) is 0 Å². The summed E-state index contributed by atoms with van der Waals surface area (Å²) in [6.45, 7) is 5.82. The van der Waals surface area contributed by atoms with E-state index in [0.717, 1.165) is 17.1 Å². The summed E-state index contributed by atoms with van der Waals surface area (Å²) >= 11 is 0. The lowest BCUT2D eigenvalue weighted by Gasteiger charge is -2.13. The van der Waals surface area contributed by atoms with Crippen molar-refractivity contribution in [1.29, 1.82) is 0 Å². The van der Waals surface area contributed by atoms with E-state index < -0.39 is 5.97 Å². The number of rotatable bonds is 4. The maximum atomic E-state index is 11.4. The lowest BCUT2D eigenvalue weighted by Crippen LogP contribution is -2.12. The monoisotopic (exact) mass is 275 g/mol. The molecular weight excluding hydrogens is 258 g/mol. The summed E-state index contributed by atoms with van der Waals surface area (Å²) < 4.78 is 10.1. The number of ether oxygens (including phenoxy) is 1. The maximum Gasteiger partial charge on any atom is 0.376 e. The molecule has 1 unspecified atom stereocenters. The standard InChI is InChI=1S/C14H17N3O3/c1-8-7-11(10(3)20-8)9(2)16-12-5-6-15-13(17-12)14(18)19-4/h5-7,9H,1-4H3,(H,15,16,17). The van der Waals surface area contributed by atoms with Gasteiger partial charge in [-0.1, -0.05) is 0 Å². The Morgan fingerprint density at radius 2 is 2.20 bits per heavy atom. The zero-order valence-corrected chi connectivity index (χ0v) is 11.9. The fourth-order valence-electron chi connectivity index (χ4n) is 2.01. The molecule has 1 atom stereocenters. The van der Waals surface area contributed by atoms with Crippen LogP contribution < -0.4 is 5.32 Å². The second-order valence-corrected chi connectivity index (χ2v) is 4.49. The van der Waals surface area contributed by atoms with E-state index in [0.29, 0.717) is 5.82 Å². The largest absolute Gasteiger partial charge is 0.466 e. The number of nitrogens with zero attached hydrogens (tertiary/aromatic N) is 2. The van der Waals surface area contributed by atoms with E-state index in [1.165, 1.54) is 13.3 Å². The molecule has 0 aliphatic heterocycles. The third kappa shape index (κ3) is 2.96. The summed E-state index contributed by atoms with van der Waals surface area (Å²) in [6, 6.07) is 3.69. The van der Waals surface area contributed by atoms with Gasteiger partial charge in [-0.05, 0) is 32.9 Å². The van der Waals surface area contributed by atoms with Gasteiger partial charge in [0.1, 0.15) is 17.3 Å². The SMILES string of the molecule is COC(=O)c1nccc(NC(C)c2cc(C)oc2C)n1. The molecule has 6 nitrogen and oxygen atoms in total. The molecule has 0 spiro atoms. The molecule has 0 saturated carbocycles. The third-order valence-corrected chi connectivity index (χ3v) is 2.93. The number of esters is 1. The van der Waals surface area contributed by atoms with Crippen LogP contribution >= 0.6 is 0 Å². The highest BCUT2D eigenvalue weighted by atomic mass is 16.5. The van der Waals surface area contributed by atoms with Gasteiger partial charge in [0.15, 0.2) is 0 Å². The number of nitrogens with one attached hydrogen (secondary N) is 1. The average Bonchev–Trinajstić information content (AvgIpc) is 2.77.